The summed E-state index contributed by atoms with van der Waals surface area (Å²) >= 11 is 0. The summed E-state index contributed by atoms with van der Waals surface area (Å²) in [4.78, 5) is 13.6. The fourth-order valence-electron chi connectivity index (χ4n) is 1.90. The number of nitrogens with two attached hydrogens (primary N) is 1. The van der Waals surface area contributed by atoms with Crippen LogP contribution in [0.25, 0.3) is 0 Å². The maximum atomic E-state index is 12.7. The van der Waals surface area contributed by atoms with Gasteiger partial charge in [-0.2, -0.15) is 0 Å². The van der Waals surface area contributed by atoms with Crippen LogP contribution in [-0.4, -0.2) is 29.9 Å². The molecule has 0 unspecified atom stereocenters. The van der Waals surface area contributed by atoms with Gasteiger partial charge in [-0.15, -0.1) is 0 Å². The van der Waals surface area contributed by atoms with Crippen LogP contribution in [0.15, 0.2) is 24.3 Å². The Kier molecular flexibility index (Phi) is 3.19. The Morgan fingerprint density at radius 2 is 2.12 bits per heavy atom. The fraction of sp³-hybridized carbons (Fsp3) is 0.417. The zero-order chi connectivity index (χ0) is 11.5. The van der Waals surface area contributed by atoms with E-state index >= 15 is 0 Å². The van der Waals surface area contributed by atoms with E-state index in [0.29, 0.717) is 13.0 Å². The van der Waals surface area contributed by atoms with Gasteiger partial charge in [-0.05, 0) is 24.1 Å². The Hall–Kier alpha value is -1.42. The van der Waals surface area contributed by atoms with Gasteiger partial charge in [-0.3, -0.25) is 4.79 Å². The van der Waals surface area contributed by atoms with Crippen LogP contribution >= 0.6 is 0 Å². The lowest BCUT2D eigenvalue weighted by Crippen LogP contribution is -2.32. The molecule has 1 aromatic carbocycles. The number of carbonyl (C=O) groups excluding carboxylic acids is 1. The molecule has 1 aromatic rings. The van der Waals surface area contributed by atoms with Crippen LogP contribution in [0.5, 0.6) is 0 Å². The van der Waals surface area contributed by atoms with Crippen LogP contribution in [0.2, 0.25) is 0 Å². The van der Waals surface area contributed by atoms with Crippen molar-refractivity contribution in [1.29, 1.82) is 0 Å². The van der Waals surface area contributed by atoms with Gasteiger partial charge in [0.1, 0.15) is 5.82 Å². The highest BCUT2D eigenvalue weighted by Crippen LogP contribution is 2.10. The quantitative estimate of drug-likeness (QED) is 0.809. The van der Waals surface area contributed by atoms with Crippen LogP contribution in [0.3, 0.4) is 0 Å². The molecule has 1 aliphatic heterocycles. The van der Waals surface area contributed by atoms with Crippen molar-refractivity contribution in [2.75, 3.05) is 13.1 Å². The topological polar surface area (TPSA) is 46.3 Å². The number of amides is 1. The minimum Gasteiger partial charge on any atom is -0.341 e. The van der Waals surface area contributed by atoms with Crippen molar-refractivity contribution in [1.82, 2.24) is 4.90 Å². The number of benzene rings is 1. The van der Waals surface area contributed by atoms with E-state index in [1.165, 1.54) is 12.1 Å². The number of rotatable bonds is 2. The van der Waals surface area contributed by atoms with Gasteiger partial charge in [0.05, 0.1) is 6.42 Å². The van der Waals surface area contributed by atoms with Gasteiger partial charge in [-0.1, -0.05) is 12.1 Å². The van der Waals surface area contributed by atoms with Crippen molar-refractivity contribution in [3.05, 3.63) is 35.6 Å². The van der Waals surface area contributed by atoms with E-state index in [1.54, 1.807) is 17.0 Å². The number of likely N-dealkylation sites (tertiary alicyclic amines) is 1. The van der Waals surface area contributed by atoms with Gasteiger partial charge in [0.25, 0.3) is 0 Å². The molecule has 1 heterocycles. The first-order valence-corrected chi connectivity index (χ1v) is 5.43. The molecule has 1 fully saturated rings. The number of hydrogen-bond donors (Lipinski definition) is 1. The molecule has 1 atom stereocenters. The number of carbonyl (C=O) groups is 1. The van der Waals surface area contributed by atoms with Crippen molar-refractivity contribution >= 4 is 5.91 Å². The van der Waals surface area contributed by atoms with Gasteiger partial charge < -0.3 is 10.6 Å². The predicted molar refractivity (Wildman–Crippen MR) is 59.3 cm³/mol. The van der Waals surface area contributed by atoms with E-state index in [9.17, 15) is 9.18 Å². The second-order valence-electron chi connectivity index (χ2n) is 4.19. The van der Waals surface area contributed by atoms with Crippen LogP contribution in [0.4, 0.5) is 4.39 Å². The maximum Gasteiger partial charge on any atom is 0.227 e. The first-order chi connectivity index (χ1) is 7.65. The van der Waals surface area contributed by atoms with Crippen LogP contribution in [0.1, 0.15) is 12.0 Å². The zero-order valence-electron chi connectivity index (χ0n) is 9.03. The maximum absolute atomic E-state index is 12.7. The third kappa shape index (κ3) is 2.58. The lowest BCUT2D eigenvalue weighted by molar-refractivity contribution is -0.129. The first kappa shape index (κ1) is 11.1. The van der Waals surface area contributed by atoms with E-state index in [4.69, 9.17) is 5.73 Å². The molecule has 86 valence electrons. The van der Waals surface area contributed by atoms with Gasteiger partial charge in [0.15, 0.2) is 0 Å². The standard InChI is InChI=1S/C12H15FN2O/c13-10-3-1-9(2-4-10)7-12(16)15-6-5-11(14)8-15/h1-4,11H,5-8,14H2/t11-/m1/s1. The Morgan fingerprint density at radius 3 is 2.69 bits per heavy atom. The van der Waals surface area contributed by atoms with Gasteiger partial charge in [-0.25, -0.2) is 4.39 Å². The van der Waals surface area contributed by atoms with E-state index < -0.39 is 0 Å². The molecular formula is C12H15FN2O. The van der Waals surface area contributed by atoms with Crippen LogP contribution in [-0.2, 0) is 11.2 Å². The number of halogens is 1. The van der Waals surface area contributed by atoms with Crippen molar-refractivity contribution in [3.8, 4) is 0 Å². The summed E-state index contributed by atoms with van der Waals surface area (Å²) in [5.74, 6) is -0.209. The summed E-state index contributed by atoms with van der Waals surface area (Å²) in [5.41, 5.74) is 6.57. The monoisotopic (exact) mass is 222 g/mol. The molecule has 2 N–H and O–H groups in total. The SMILES string of the molecule is N[C@@H]1CCN(C(=O)Cc2ccc(F)cc2)C1. The molecule has 0 saturated carbocycles. The minimum atomic E-state index is -0.278. The summed E-state index contributed by atoms with van der Waals surface area (Å²) < 4.78 is 12.7. The van der Waals surface area contributed by atoms with Crippen molar-refractivity contribution in [2.45, 2.75) is 18.9 Å². The predicted octanol–water partition coefficient (Wildman–Crippen LogP) is 0.928. The summed E-state index contributed by atoms with van der Waals surface area (Å²) in [6, 6.07) is 6.14. The van der Waals surface area contributed by atoms with Gasteiger partial charge in [0, 0.05) is 19.1 Å². The summed E-state index contributed by atoms with van der Waals surface area (Å²) in [7, 11) is 0. The number of nitrogens with zero attached hydrogens (tertiary/aromatic N) is 1. The van der Waals surface area contributed by atoms with Gasteiger partial charge >= 0.3 is 0 Å². The Balaban J connectivity index is 1.94. The molecule has 2 rings (SSSR count). The van der Waals surface area contributed by atoms with E-state index in [2.05, 4.69) is 0 Å². The molecule has 0 spiro atoms. The lowest BCUT2D eigenvalue weighted by atomic mass is 10.1. The molecule has 0 bridgehead atoms. The zero-order valence-corrected chi connectivity index (χ0v) is 9.03. The van der Waals surface area contributed by atoms with E-state index in [0.717, 1.165) is 18.5 Å². The van der Waals surface area contributed by atoms with Crippen molar-refractivity contribution in [3.63, 3.8) is 0 Å². The van der Waals surface area contributed by atoms with E-state index in [-0.39, 0.29) is 17.8 Å². The van der Waals surface area contributed by atoms with Crippen LogP contribution < -0.4 is 5.73 Å². The fourth-order valence-corrected chi connectivity index (χ4v) is 1.90. The molecule has 0 aliphatic carbocycles. The lowest BCUT2D eigenvalue weighted by Gasteiger charge is -2.15. The Morgan fingerprint density at radius 1 is 1.44 bits per heavy atom. The molecule has 4 heteroatoms. The molecule has 0 aromatic heterocycles. The highest BCUT2D eigenvalue weighted by Gasteiger charge is 2.23. The molecule has 0 radical (unpaired) electrons. The normalized spacial score (nSPS) is 20.1. The van der Waals surface area contributed by atoms with Crippen LogP contribution in [0, 0.1) is 5.82 Å². The van der Waals surface area contributed by atoms with Crippen molar-refractivity contribution < 1.29 is 9.18 Å². The van der Waals surface area contributed by atoms with E-state index in [1.807, 2.05) is 0 Å². The Bertz CT molecular complexity index is 377. The minimum absolute atomic E-state index is 0.0690. The highest BCUT2D eigenvalue weighted by atomic mass is 19.1. The second kappa shape index (κ2) is 4.61. The third-order valence-electron chi connectivity index (χ3n) is 2.85. The summed E-state index contributed by atoms with van der Waals surface area (Å²) in [6.45, 7) is 1.38. The average molecular weight is 222 g/mol. The summed E-state index contributed by atoms with van der Waals surface area (Å²) in [5, 5.41) is 0. The molecule has 1 amide bonds. The average Bonchev–Trinajstić information content (AvgIpc) is 2.68. The van der Waals surface area contributed by atoms with Crippen molar-refractivity contribution in [2.24, 2.45) is 5.73 Å². The largest absolute Gasteiger partial charge is 0.341 e. The number of hydrogen-bond acceptors (Lipinski definition) is 2. The smallest absolute Gasteiger partial charge is 0.227 e. The first-order valence-electron chi connectivity index (χ1n) is 5.43. The molecule has 3 nitrogen and oxygen atoms in total. The molecule has 1 aliphatic rings. The molecule has 1 saturated heterocycles. The summed E-state index contributed by atoms with van der Waals surface area (Å²) in [6.07, 6.45) is 1.20. The molecule has 16 heavy (non-hydrogen) atoms. The second-order valence-corrected chi connectivity index (χ2v) is 4.19. The molecular weight excluding hydrogens is 207 g/mol. The Labute approximate surface area is 94.0 Å². The highest BCUT2D eigenvalue weighted by molar-refractivity contribution is 5.79. The third-order valence-corrected chi connectivity index (χ3v) is 2.85. The van der Waals surface area contributed by atoms with Gasteiger partial charge in [0.2, 0.25) is 5.91 Å².